The van der Waals surface area contributed by atoms with Crippen LogP contribution in [0.3, 0.4) is 0 Å². The van der Waals surface area contributed by atoms with Crippen LogP contribution in [-0.4, -0.2) is 36.7 Å². The molecule has 3 rings (SSSR count). The van der Waals surface area contributed by atoms with Crippen molar-refractivity contribution >= 4 is 17.5 Å². The number of ether oxygens (including phenoxy) is 2. The van der Waals surface area contributed by atoms with E-state index in [4.69, 9.17) is 20.4 Å². The van der Waals surface area contributed by atoms with E-state index in [0.717, 1.165) is 35.3 Å². The number of hydrogen-bond acceptors (Lipinski definition) is 7. The molecule has 1 atom stereocenters. The molecule has 0 fully saturated rings. The lowest BCUT2D eigenvalue weighted by Gasteiger charge is -2.20. The third-order valence-corrected chi connectivity index (χ3v) is 5.06. The highest BCUT2D eigenvalue weighted by molar-refractivity contribution is 5.98. The van der Waals surface area contributed by atoms with Gasteiger partial charge in [0.2, 0.25) is 11.8 Å². The van der Waals surface area contributed by atoms with Gasteiger partial charge in [-0.15, -0.1) is 0 Å². The molecule has 0 spiro atoms. The van der Waals surface area contributed by atoms with Gasteiger partial charge in [0.25, 0.3) is 0 Å². The quantitative estimate of drug-likeness (QED) is 0.368. The summed E-state index contributed by atoms with van der Waals surface area (Å²) in [6.45, 7) is 1.11. The number of nitrogens with two attached hydrogens (primary N) is 1. The minimum absolute atomic E-state index is 0.210. The molecule has 166 valence electrons. The number of anilines is 1. The van der Waals surface area contributed by atoms with Gasteiger partial charge in [0, 0.05) is 6.54 Å². The molecule has 1 unspecified atom stereocenters. The SMILES string of the molecule is COc1cc2cc(c1)COc1ccc(CN)cc1NC(=O)C(CC(=O)NO)NCCC2. The Kier molecular flexibility index (Phi) is 7.82. The van der Waals surface area contributed by atoms with E-state index in [1.807, 2.05) is 18.2 Å². The monoisotopic (exact) mass is 428 g/mol. The highest BCUT2D eigenvalue weighted by Gasteiger charge is 2.23. The molecule has 2 bridgehead atoms. The molecule has 0 aromatic heterocycles. The Morgan fingerprint density at radius 2 is 2.10 bits per heavy atom. The molecular weight excluding hydrogens is 400 g/mol. The number of methoxy groups -OCH3 is 1. The third kappa shape index (κ3) is 6.17. The van der Waals surface area contributed by atoms with Crippen molar-refractivity contribution in [2.75, 3.05) is 19.0 Å². The number of nitrogens with one attached hydrogen (secondary N) is 3. The molecule has 6 N–H and O–H groups in total. The van der Waals surface area contributed by atoms with E-state index in [1.165, 1.54) is 0 Å². The van der Waals surface area contributed by atoms with Crippen LogP contribution in [0.4, 0.5) is 5.69 Å². The molecule has 0 aliphatic carbocycles. The third-order valence-electron chi connectivity index (χ3n) is 5.06. The van der Waals surface area contributed by atoms with Crippen LogP contribution in [0.2, 0.25) is 0 Å². The van der Waals surface area contributed by atoms with E-state index in [-0.39, 0.29) is 6.42 Å². The summed E-state index contributed by atoms with van der Waals surface area (Å²) in [6.07, 6.45) is 1.29. The number of hydroxylamine groups is 1. The topological polar surface area (TPSA) is 135 Å². The lowest BCUT2D eigenvalue weighted by Crippen LogP contribution is -2.44. The average molecular weight is 428 g/mol. The summed E-state index contributed by atoms with van der Waals surface area (Å²) in [7, 11) is 1.62. The van der Waals surface area contributed by atoms with Crippen molar-refractivity contribution < 1.29 is 24.3 Å². The lowest BCUT2D eigenvalue weighted by atomic mass is 10.0. The van der Waals surface area contributed by atoms with Crippen LogP contribution in [0, 0.1) is 0 Å². The van der Waals surface area contributed by atoms with Gasteiger partial charge in [-0.25, -0.2) is 5.48 Å². The Balaban J connectivity index is 1.94. The van der Waals surface area contributed by atoms with Crippen molar-refractivity contribution in [3.63, 3.8) is 0 Å². The molecule has 1 aliphatic rings. The molecule has 9 heteroatoms. The van der Waals surface area contributed by atoms with Gasteiger partial charge in [0.1, 0.15) is 18.1 Å². The minimum Gasteiger partial charge on any atom is -0.497 e. The van der Waals surface area contributed by atoms with E-state index < -0.39 is 17.9 Å². The number of fused-ring (bicyclic) bond motifs is 3. The highest BCUT2D eigenvalue weighted by atomic mass is 16.5. The van der Waals surface area contributed by atoms with E-state index in [2.05, 4.69) is 16.7 Å². The number of rotatable bonds is 4. The molecule has 1 aliphatic heterocycles. The fourth-order valence-corrected chi connectivity index (χ4v) is 3.44. The first kappa shape index (κ1) is 22.5. The zero-order valence-electron chi connectivity index (χ0n) is 17.4. The van der Waals surface area contributed by atoms with Gasteiger partial charge in [0.05, 0.1) is 25.3 Å². The molecule has 9 nitrogen and oxygen atoms in total. The summed E-state index contributed by atoms with van der Waals surface area (Å²) in [4.78, 5) is 24.6. The molecule has 0 saturated heterocycles. The molecule has 0 saturated carbocycles. The zero-order valence-corrected chi connectivity index (χ0v) is 17.4. The van der Waals surface area contributed by atoms with E-state index in [1.54, 1.807) is 24.7 Å². The smallest absolute Gasteiger partial charge is 0.245 e. The van der Waals surface area contributed by atoms with Crippen molar-refractivity contribution in [2.24, 2.45) is 5.73 Å². The summed E-state index contributed by atoms with van der Waals surface area (Å²) >= 11 is 0. The number of aryl methyl sites for hydroxylation is 1. The van der Waals surface area contributed by atoms with Crippen LogP contribution in [0.1, 0.15) is 29.5 Å². The van der Waals surface area contributed by atoms with E-state index >= 15 is 0 Å². The van der Waals surface area contributed by atoms with Crippen LogP contribution in [-0.2, 0) is 29.2 Å². The van der Waals surface area contributed by atoms with Crippen molar-refractivity contribution in [3.8, 4) is 11.5 Å². The van der Waals surface area contributed by atoms with E-state index in [9.17, 15) is 9.59 Å². The van der Waals surface area contributed by atoms with Crippen molar-refractivity contribution in [1.82, 2.24) is 10.8 Å². The number of hydrogen-bond donors (Lipinski definition) is 5. The largest absolute Gasteiger partial charge is 0.497 e. The van der Waals surface area contributed by atoms with Crippen molar-refractivity contribution in [3.05, 3.63) is 53.1 Å². The first-order valence-corrected chi connectivity index (χ1v) is 10.1. The van der Waals surface area contributed by atoms with Gasteiger partial charge in [-0.1, -0.05) is 12.1 Å². The molecule has 0 radical (unpaired) electrons. The van der Waals surface area contributed by atoms with Crippen LogP contribution in [0.5, 0.6) is 11.5 Å². The second-order valence-corrected chi connectivity index (χ2v) is 7.35. The van der Waals surface area contributed by atoms with Gasteiger partial charge < -0.3 is 25.8 Å². The molecule has 2 aromatic carbocycles. The number of carbonyl (C=O) groups excluding carboxylic acids is 2. The van der Waals surface area contributed by atoms with Gasteiger partial charge in [-0.3, -0.25) is 14.8 Å². The fourth-order valence-electron chi connectivity index (χ4n) is 3.44. The van der Waals surface area contributed by atoms with Gasteiger partial charge in [-0.2, -0.15) is 0 Å². The maximum atomic E-state index is 12.9. The number of carbonyl (C=O) groups is 2. The summed E-state index contributed by atoms with van der Waals surface area (Å²) in [6, 6.07) is 10.5. The number of amides is 2. The van der Waals surface area contributed by atoms with Crippen LogP contribution >= 0.6 is 0 Å². The molecule has 1 heterocycles. The van der Waals surface area contributed by atoms with Gasteiger partial charge in [0.15, 0.2) is 0 Å². The van der Waals surface area contributed by atoms with Crippen LogP contribution in [0.25, 0.3) is 0 Å². The van der Waals surface area contributed by atoms with Crippen LogP contribution < -0.4 is 31.3 Å². The minimum atomic E-state index is -0.828. The van der Waals surface area contributed by atoms with Crippen molar-refractivity contribution in [1.29, 1.82) is 0 Å². The number of benzene rings is 2. The highest BCUT2D eigenvalue weighted by Crippen LogP contribution is 2.28. The maximum Gasteiger partial charge on any atom is 0.245 e. The summed E-state index contributed by atoms with van der Waals surface area (Å²) in [5.74, 6) is 0.177. The molecule has 31 heavy (non-hydrogen) atoms. The molecular formula is C22H28N4O5. The summed E-state index contributed by atoms with van der Waals surface area (Å²) in [5.41, 5.74) is 10.7. The Labute approximate surface area is 180 Å². The second kappa shape index (κ2) is 10.8. The second-order valence-electron chi connectivity index (χ2n) is 7.35. The fraction of sp³-hybridized carbons (Fsp3) is 0.364. The molecule has 2 amide bonds. The standard InChI is InChI=1S/C22H28N4O5/c1-30-17-8-14-3-2-6-24-19(11-21(27)26-29)22(28)25-18-10-15(12-23)4-5-20(18)31-13-16(7-14)9-17/h4-5,7-10,19,24,29H,2-3,6,11-13,23H2,1H3,(H,25,28)(H,26,27). The average Bonchev–Trinajstić information content (AvgIpc) is 2.79. The molecule has 2 aromatic rings. The van der Waals surface area contributed by atoms with E-state index in [0.29, 0.717) is 31.1 Å². The lowest BCUT2D eigenvalue weighted by molar-refractivity contribution is -0.132. The maximum absolute atomic E-state index is 12.9. The Bertz CT molecular complexity index is 934. The Morgan fingerprint density at radius 1 is 1.29 bits per heavy atom. The first-order valence-electron chi connectivity index (χ1n) is 10.1. The van der Waals surface area contributed by atoms with Gasteiger partial charge in [-0.05, 0) is 60.3 Å². The predicted molar refractivity (Wildman–Crippen MR) is 115 cm³/mol. The predicted octanol–water partition coefficient (Wildman–Crippen LogP) is 1.47. The van der Waals surface area contributed by atoms with Crippen molar-refractivity contribution in [2.45, 2.75) is 38.5 Å². The Hall–Kier alpha value is -3.14. The first-order chi connectivity index (χ1) is 15.0. The zero-order chi connectivity index (χ0) is 22.2. The summed E-state index contributed by atoms with van der Waals surface area (Å²) in [5, 5.41) is 14.8. The Morgan fingerprint density at radius 3 is 2.84 bits per heavy atom. The van der Waals surface area contributed by atoms with Gasteiger partial charge >= 0.3 is 0 Å². The normalized spacial score (nSPS) is 16.9. The van der Waals surface area contributed by atoms with Crippen LogP contribution in [0.15, 0.2) is 36.4 Å². The summed E-state index contributed by atoms with van der Waals surface area (Å²) < 4.78 is 11.4.